The molecule has 152 valence electrons. The largest absolute Gasteiger partial charge is 0.490 e. The van der Waals surface area contributed by atoms with Gasteiger partial charge in [0.05, 0.1) is 17.2 Å². The van der Waals surface area contributed by atoms with Crippen LogP contribution in [0.3, 0.4) is 0 Å². The van der Waals surface area contributed by atoms with Crippen LogP contribution in [0.5, 0.6) is 11.5 Å². The Morgan fingerprint density at radius 3 is 2.62 bits per heavy atom. The summed E-state index contributed by atoms with van der Waals surface area (Å²) in [4.78, 5) is 16.7. The number of cyclic esters (lactones) is 1. The Morgan fingerprint density at radius 1 is 1.21 bits per heavy atom. The maximum atomic E-state index is 12.3. The second kappa shape index (κ2) is 9.61. The van der Waals surface area contributed by atoms with Crippen LogP contribution >= 0.6 is 54.5 Å². The van der Waals surface area contributed by atoms with Gasteiger partial charge in [-0.15, -0.1) is 0 Å². The van der Waals surface area contributed by atoms with Crippen molar-refractivity contribution in [2.24, 2.45) is 4.99 Å². The Labute approximate surface area is 199 Å². The Balaban J connectivity index is 1.97. The number of rotatable bonds is 6. The first-order valence-electron chi connectivity index (χ1n) is 8.89. The van der Waals surface area contributed by atoms with Gasteiger partial charge >= 0.3 is 5.97 Å². The lowest BCUT2D eigenvalue weighted by Crippen LogP contribution is -2.08. The second-order valence-electron chi connectivity index (χ2n) is 6.39. The van der Waals surface area contributed by atoms with Crippen LogP contribution in [0.4, 0.5) is 0 Å². The third kappa shape index (κ3) is 5.40. The van der Waals surface area contributed by atoms with E-state index >= 15 is 0 Å². The Kier molecular flexibility index (Phi) is 7.39. The molecule has 0 amide bonds. The van der Waals surface area contributed by atoms with Crippen LogP contribution in [-0.4, -0.2) is 24.6 Å². The number of benzene rings is 2. The molecule has 2 aromatic rings. The number of aliphatic imine (C=N–C) groups is 1. The van der Waals surface area contributed by atoms with Crippen molar-refractivity contribution in [1.29, 1.82) is 0 Å². The highest BCUT2D eigenvalue weighted by atomic mass is 127. The summed E-state index contributed by atoms with van der Waals surface area (Å²) in [7, 11) is 0. The molecule has 2 aromatic carbocycles. The zero-order valence-corrected chi connectivity index (χ0v) is 21.3. The highest BCUT2D eigenvalue weighted by molar-refractivity contribution is 14.1. The maximum Gasteiger partial charge on any atom is 0.363 e. The molecule has 0 unspecified atom stereocenters. The van der Waals surface area contributed by atoms with Crippen molar-refractivity contribution >= 4 is 72.4 Å². The minimum atomic E-state index is -0.494. The standard InChI is InChI=1S/C21H18Br2INO4/c1-4-27-18-9-12(7-15(23)19(18)28-11(2)3)8-17-21(26)29-20(25-17)13-5-6-16(24)14(22)10-13/h5-11H,4H2,1-3H3/b17-8-. The summed E-state index contributed by atoms with van der Waals surface area (Å²) in [6.07, 6.45) is 1.67. The molecule has 1 aliphatic heterocycles. The van der Waals surface area contributed by atoms with E-state index in [0.29, 0.717) is 18.1 Å². The van der Waals surface area contributed by atoms with E-state index in [1.54, 1.807) is 6.08 Å². The van der Waals surface area contributed by atoms with E-state index in [9.17, 15) is 4.79 Å². The molecular formula is C21H18Br2INO4. The number of nitrogens with zero attached hydrogens (tertiary/aromatic N) is 1. The molecule has 0 aromatic heterocycles. The first-order chi connectivity index (χ1) is 13.8. The number of carbonyl (C=O) groups excluding carboxylic acids is 1. The van der Waals surface area contributed by atoms with E-state index in [1.165, 1.54) is 0 Å². The molecule has 29 heavy (non-hydrogen) atoms. The van der Waals surface area contributed by atoms with Gasteiger partial charge in [-0.05, 0) is 117 Å². The van der Waals surface area contributed by atoms with Crippen LogP contribution in [0, 0.1) is 3.57 Å². The Morgan fingerprint density at radius 2 is 1.97 bits per heavy atom. The molecule has 8 heteroatoms. The molecule has 1 heterocycles. The molecule has 0 atom stereocenters. The molecular weight excluding hydrogens is 617 g/mol. The van der Waals surface area contributed by atoms with Crippen LogP contribution in [0.15, 0.2) is 50.0 Å². The van der Waals surface area contributed by atoms with Gasteiger partial charge < -0.3 is 14.2 Å². The number of ether oxygens (including phenoxy) is 3. The zero-order valence-electron chi connectivity index (χ0n) is 16.0. The van der Waals surface area contributed by atoms with Crippen LogP contribution in [0.2, 0.25) is 0 Å². The minimum absolute atomic E-state index is 0.0000593. The minimum Gasteiger partial charge on any atom is -0.490 e. The lowest BCUT2D eigenvalue weighted by Gasteiger charge is -2.16. The fraction of sp³-hybridized carbons (Fsp3) is 0.238. The molecule has 1 aliphatic rings. The molecule has 0 radical (unpaired) electrons. The molecule has 0 saturated heterocycles. The van der Waals surface area contributed by atoms with Gasteiger partial charge in [0.1, 0.15) is 0 Å². The van der Waals surface area contributed by atoms with Crippen molar-refractivity contribution in [2.45, 2.75) is 26.9 Å². The van der Waals surface area contributed by atoms with E-state index in [0.717, 1.165) is 23.6 Å². The summed E-state index contributed by atoms with van der Waals surface area (Å²) < 4.78 is 19.7. The highest BCUT2D eigenvalue weighted by Crippen LogP contribution is 2.38. The van der Waals surface area contributed by atoms with E-state index in [-0.39, 0.29) is 17.7 Å². The van der Waals surface area contributed by atoms with Crippen molar-refractivity contribution in [3.8, 4) is 11.5 Å². The van der Waals surface area contributed by atoms with Gasteiger partial charge in [-0.2, -0.15) is 0 Å². The normalized spacial score (nSPS) is 14.9. The van der Waals surface area contributed by atoms with Gasteiger partial charge in [0.15, 0.2) is 17.2 Å². The van der Waals surface area contributed by atoms with Crippen LogP contribution in [0.1, 0.15) is 31.9 Å². The first kappa shape index (κ1) is 22.3. The van der Waals surface area contributed by atoms with E-state index < -0.39 is 5.97 Å². The molecule has 5 nitrogen and oxygen atoms in total. The van der Waals surface area contributed by atoms with Gasteiger partial charge in [0.2, 0.25) is 5.90 Å². The number of halogens is 3. The van der Waals surface area contributed by atoms with E-state index in [2.05, 4.69) is 59.4 Å². The third-order valence-corrected chi connectivity index (χ3v) is 6.70. The monoisotopic (exact) mass is 633 g/mol. The highest BCUT2D eigenvalue weighted by Gasteiger charge is 2.25. The Bertz CT molecular complexity index is 1020. The summed E-state index contributed by atoms with van der Waals surface area (Å²) in [5, 5.41) is 0. The number of carbonyl (C=O) groups is 1. The lowest BCUT2D eigenvalue weighted by atomic mass is 10.1. The van der Waals surface area contributed by atoms with E-state index in [4.69, 9.17) is 14.2 Å². The fourth-order valence-electron chi connectivity index (χ4n) is 2.60. The summed E-state index contributed by atoms with van der Waals surface area (Å²) in [5.41, 5.74) is 1.70. The zero-order chi connectivity index (χ0) is 21.1. The van der Waals surface area contributed by atoms with Crippen molar-refractivity contribution < 1.29 is 19.0 Å². The number of hydrogen-bond donors (Lipinski definition) is 0. The average molecular weight is 635 g/mol. The lowest BCUT2D eigenvalue weighted by molar-refractivity contribution is -0.129. The van der Waals surface area contributed by atoms with Crippen molar-refractivity contribution in [1.82, 2.24) is 0 Å². The molecule has 0 aliphatic carbocycles. The van der Waals surface area contributed by atoms with Crippen molar-refractivity contribution in [2.75, 3.05) is 6.61 Å². The van der Waals surface area contributed by atoms with Crippen molar-refractivity contribution in [3.05, 3.63) is 59.7 Å². The van der Waals surface area contributed by atoms with E-state index in [1.807, 2.05) is 51.1 Å². The number of hydrogen-bond acceptors (Lipinski definition) is 5. The summed E-state index contributed by atoms with van der Waals surface area (Å²) in [5.74, 6) is 1.01. The molecule has 3 rings (SSSR count). The smallest absolute Gasteiger partial charge is 0.363 e. The molecule has 0 spiro atoms. The predicted octanol–water partition coefficient (Wildman–Crippen LogP) is 6.35. The summed E-state index contributed by atoms with van der Waals surface area (Å²) in [6, 6.07) is 9.34. The van der Waals surface area contributed by atoms with Gasteiger partial charge in [-0.25, -0.2) is 9.79 Å². The average Bonchev–Trinajstić information content (AvgIpc) is 3.01. The van der Waals surface area contributed by atoms with Crippen molar-refractivity contribution in [3.63, 3.8) is 0 Å². The van der Waals surface area contributed by atoms with Gasteiger partial charge in [-0.1, -0.05) is 0 Å². The number of esters is 1. The van der Waals surface area contributed by atoms with Crippen LogP contribution < -0.4 is 9.47 Å². The Hall–Kier alpha value is -1.39. The molecule has 0 N–H and O–H groups in total. The van der Waals surface area contributed by atoms with Gasteiger partial charge in [0, 0.05) is 13.6 Å². The van der Waals surface area contributed by atoms with Crippen LogP contribution in [0.25, 0.3) is 6.08 Å². The summed E-state index contributed by atoms with van der Waals surface area (Å²) >= 11 is 9.23. The molecule has 0 fully saturated rings. The SMILES string of the molecule is CCOc1cc(/C=C2\N=C(c3ccc(I)c(Br)c3)OC2=O)cc(Br)c1OC(C)C. The first-order valence-corrected chi connectivity index (χ1v) is 11.6. The summed E-state index contributed by atoms with van der Waals surface area (Å²) in [6.45, 7) is 6.30. The second-order valence-corrected chi connectivity index (χ2v) is 9.27. The maximum absolute atomic E-state index is 12.3. The molecule has 0 saturated carbocycles. The fourth-order valence-corrected chi connectivity index (χ4v) is 3.87. The van der Waals surface area contributed by atoms with Gasteiger partial charge in [0.25, 0.3) is 0 Å². The quantitative estimate of drug-likeness (QED) is 0.211. The predicted molar refractivity (Wildman–Crippen MR) is 129 cm³/mol. The molecule has 0 bridgehead atoms. The topological polar surface area (TPSA) is 57.1 Å². The third-order valence-electron chi connectivity index (χ3n) is 3.78. The van der Waals surface area contributed by atoms with Gasteiger partial charge in [-0.3, -0.25) is 0 Å². The van der Waals surface area contributed by atoms with Crippen LogP contribution in [-0.2, 0) is 9.53 Å².